The molecule has 7 heterocycles. The fraction of sp³-hybridized carbons (Fsp3) is 0.455. The van der Waals surface area contributed by atoms with Crippen molar-refractivity contribution < 1.29 is 61.5 Å². The maximum atomic E-state index is 13.2. The lowest BCUT2D eigenvalue weighted by Crippen LogP contribution is -2.36. The molecule has 4 aromatic heterocycles. The highest BCUT2D eigenvalue weighted by Gasteiger charge is 2.54. The van der Waals surface area contributed by atoms with Gasteiger partial charge in [-0.15, -0.1) is 0 Å². The Hall–Kier alpha value is -3.70. The third-order valence-corrected chi connectivity index (χ3v) is 9.63. The van der Waals surface area contributed by atoms with E-state index in [1.54, 1.807) is 0 Å². The maximum absolute atomic E-state index is 13.2. The molecule has 2 unspecified atom stereocenters. The number of aliphatic hydroxyl groups excluding tert-OH is 2. The molecule has 9 N–H and O–H groups in total. The van der Waals surface area contributed by atoms with Gasteiger partial charge in [-0.3, -0.25) is 41.8 Å². The van der Waals surface area contributed by atoms with Crippen molar-refractivity contribution in [3.63, 3.8) is 0 Å². The number of fused-ring (bicyclic) bond motifs is 5. The third-order valence-electron chi connectivity index (χ3n) is 7.66. The van der Waals surface area contributed by atoms with Crippen molar-refractivity contribution in [3.05, 3.63) is 40.8 Å². The van der Waals surface area contributed by atoms with Gasteiger partial charge in [0.1, 0.15) is 42.1 Å². The van der Waals surface area contributed by atoms with Gasteiger partial charge in [0.2, 0.25) is 5.95 Å². The van der Waals surface area contributed by atoms with Gasteiger partial charge >= 0.3 is 15.6 Å². The molecule has 0 saturated carbocycles. The lowest BCUT2D eigenvalue weighted by atomic mass is 10.1. The van der Waals surface area contributed by atoms with Gasteiger partial charge in [-0.2, -0.15) is 4.98 Å². The van der Waals surface area contributed by atoms with Crippen LogP contribution < -0.4 is 17.0 Å². The molecule has 252 valence electrons. The van der Waals surface area contributed by atoms with Crippen molar-refractivity contribution in [1.82, 2.24) is 34.1 Å². The van der Waals surface area contributed by atoms with Crippen LogP contribution in [-0.2, 0) is 36.7 Å². The molecule has 3 saturated heterocycles. The van der Waals surface area contributed by atoms with E-state index in [9.17, 15) is 38.7 Å². The van der Waals surface area contributed by atoms with Crippen molar-refractivity contribution in [1.29, 1.82) is 0 Å². The number of aromatic nitrogens is 7. The summed E-state index contributed by atoms with van der Waals surface area (Å²) in [7, 11) is -10.3. The number of aromatic amines is 1. The molecular formula is C22H25N9O14P2. The van der Waals surface area contributed by atoms with E-state index >= 15 is 0 Å². The second kappa shape index (κ2) is 11.5. The number of hydrogen-bond donors (Lipinski definition) is 7. The average molecular weight is 701 g/mol. The predicted octanol–water partition coefficient (Wildman–Crippen LogP) is -2.22. The van der Waals surface area contributed by atoms with Crippen LogP contribution in [0.5, 0.6) is 0 Å². The van der Waals surface area contributed by atoms with Gasteiger partial charge in [0.05, 0.1) is 31.4 Å². The largest absolute Gasteiger partial charge is 0.472 e. The number of hydrogen-bond acceptors (Lipinski definition) is 17. The molecule has 4 aromatic rings. The number of imidazole rings is 2. The molecule has 0 aliphatic carbocycles. The topological polar surface area (TPSA) is 334 Å². The summed E-state index contributed by atoms with van der Waals surface area (Å²) < 4.78 is 61.1. The normalized spacial score (nSPS) is 36.5. The van der Waals surface area contributed by atoms with E-state index < -0.39 is 89.4 Å². The molecule has 0 spiro atoms. The smallest absolute Gasteiger partial charge is 0.387 e. The number of phosphoric acid groups is 2. The van der Waals surface area contributed by atoms with E-state index in [2.05, 4.69) is 24.9 Å². The summed E-state index contributed by atoms with van der Waals surface area (Å²) in [5.74, 6) is -1.10. The monoisotopic (exact) mass is 701 g/mol. The zero-order valence-electron chi connectivity index (χ0n) is 23.4. The summed E-state index contributed by atoms with van der Waals surface area (Å²) in [6, 6.07) is 1.33. The maximum Gasteiger partial charge on any atom is 0.472 e. The highest BCUT2D eigenvalue weighted by atomic mass is 31.2. The average Bonchev–Trinajstić information content (AvgIpc) is 3.76. The molecule has 3 aliphatic heterocycles. The molecule has 25 heteroatoms. The van der Waals surface area contributed by atoms with E-state index in [1.807, 2.05) is 0 Å². The number of pyridine rings is 1. The number of nitrogens with two attached hydrogens (primary N) is 2. The molecule has 3 fully saturated rings. The molecule has 0 radical (unpaired) electrons. The minimum absolute atomic E-state index is 0.0158. The molecule has 10 atom stereocenters. The van der Waals surface area contributed by atoms with Crippen LogP contribution in [0, 0.1) is 0 Å². The van der Waals surface area contributed by atoms with Crippen LogP contribution in [-0.4, -0.2) is 110 Å². The first-order chi connectivity index (χ1) is 22.2. The van der Waals surface area contributed by atoms with Crippen LogP contribution in [0.3, 0.4) is 0 Å². The van der Waals surface area contributed by atoms with Crippen molar-refractivity contribution in [2.24, 2.45) is 5.73 Å². The van der Waals surface area contributed by atoms with Gasteiger partial charge in [0.25, 0.3) is 11.5 Å². The van der Waals surface area contributed by atoms with E-state index in [-0.39, 0.29) is 33.8 Å². The van der Waals surface area contributed by atoms with Crippen LogP contribution >= 0.6 is 15.6 Å². The van der Waals surface area contributed by atoms with E-state index in [0.29, 0.717) is 0 Å². The van der Waals surface area contributed by atoms with Crippen molar-refractivity contribution in [2.45, 2.75) is 49.1 Å². The standard InChI is InChI=1S/C22H25N9O14P2/c23-16(34)7-1-2-25-17-10(7)26-5-30(17)20-13(33)14-9(43-20)4-41-47(38,39)45-15-12(32)8(3-40-46(36,37)44-14)42-21(15)31-6-27-11-18(31)28-22(24)29-19(11)35/h1-2,5-6,8-9,12-15,20-21,32-33H,3-4H2,(H2,23,34)(H,36,37)(H,38,39)(H3,24,28,29,35)/t8-,9-,12-,13-,14-,15-,20-,21-/m1/s1. The Kier molecular flexibility index (Phi) is 7.78. The molecule has 1 amide bonds. The van der Waals surface area contributed by atoms with Gasteiger partial charge in [-0.25, -0.2) is 24.1 Å². The number of ether oxygens (including phenoxy) is 2. The van der Waals surface area contributed by atoms with Crippen LogP contribution in [0.4, 0.5) is 5.95 Å². The van der Waals surface area contributed by atoms with Gasteiger partial charge in [0, 0.05) is 6.20 Å². The number of nitrogens with zero attached hydrogens (tertiary/aromatic N) is 6. The number of aliphatic hydroxyl groups is 2. The molecule has 0 aromatic carbocycles. The number of anilines is 1. The Morgan fingerprint density at radius 3 is 2.21 bits per heavy atom. The number of H-pyrrole nitrogens is 1. The van der Waals surface area contributed by atoms with Crippen molar-refractivity contribution in [3.8, 4) is 0 Å². The van der Waals surface area contributed by atoms with Crippen LogP contribution in [0.15, 0.2) is 29.7 Å². The van der Waals surface area contributed by atoms with Crippen LogP contribution in [0.2, 0.25) is 0 Å². The summed E-state index contributed by atoms with van der Waals surface area (Å²) in [5, 5.41) is 22.2. The Bertz CT molecular complexity index is 2040. The van der Waals surface area contributed by atoms with Gasteiger partial charge in [-0.05, 0) is 6.07 Å². The zero-order valence-corrected chi connectivity index (χ0v) is 25.2. The number of amides is 1. The fourth-order valence-electron chi connectivity index (χ4n) is 5.56. The minimum atomic E-state index is -5.15. The molecule has 23 nitrogen and oxygen atoms in total. The lowest BCUT2D eigenvalue weighted by molar-refractivity contribution is -0.0672. The van der Waals surface area contributed by atoms with Crippen molar-refractivity contribution >= 4 is 49.8 Å². The predicted molar refractivity (Wildman–Crippen MR) is 150 cm³/mol. The molecule has 7 rings (SSSR count). The van der Waals surface area contributed by atoms with Crippen LogP contribution in [0.25, 0.3) is 22.3 Å². The first kappa shape index (κ1) is 31.9. The Morgan fingerprint density at radius 2 is 1.51 bits per heavy atom. The molecule has 3 aliphatic rings. The van der Waals surface area contributed by atoms with E-state index in [0.717, 1.165) is 10.9 Å². The number of primary amides is 1. The number of phosphoric ester groups is 2. The highest BCUT2D eigenvalue weighted by molar-refractivity contribution is 7.47. The molecule has 2 bridgehead atoms. The first-order valence-corrected chi connectivity index (χ1v) is 16.5. The molecular weight excluding hydrogens is 676 g/mol. The summed E-state index contributed by atoms with van der Waals surface area (Å²) in [6.45, 7) is -1.72. The number of nitrogens with one attached hydrogen (secondary N) is 1. The summed E-state index contributed by atoms with van der Waals surface area (Å²) >= 11 is 0. The zero-order chi connectivity index (χ0) is 33.4. The Labute approximate surface area is 260 Å². The summed E-state index contributed by atoms with van der Waals surface area (Å²) in [5.41, 5.74) is 10.1. The van der Waals surface area contributed by atoms with Gasteiger partial charge in [0.15, 0.2) is 29.3 Å². The third kappa shape index (κ3) is 5.65. The fourth-order valence-corrected chi connectivity index (χ4v) is 7.46. The number of carbonyl (C=O) groups is 1. The van der Waals surface area contributed by atoms with Crippen molar-refractivity contribution in [2.75, 3.05) is 18.9 Å². The van der Waals surface area contributed by atoms with Gasteiger partial charge < -0.3 is 40.9 Å². The number of nitrogen functional groups attached to an aromatic ring is 1. The quantitative estimate of drug-likeness (QED) is 0.111. The second-order valence-electron chi connectivity index (χ2n) is 10.6. The summed E-state index contributed by atoms with van der Waals surface area (Å²) in [4.78, 5) is 63.9. The summed E-state index contributed by atoms with van der Waals surface area (Å²) in [6.07, 6.45) is -9.49. The number of rotatable bonds is 3. The number of carbonyl (C=O) groups excluding carboxylic acids is 1. The Balaban J connectivity index is 1.20. The Morgan fingerprint density at radius 1 is 0.894 bits per heavy atom. The van der Waals surface area contributed by atoms with Gasteiger partial charge in [-0.1, -0.05) is 0 Å². The highest BCUT2D eigenvalue weighted by Crippen LogP contribution is 2.53. The lowest BCUT2D eigenvalue weighted by Gasteiger charge is -2.25. The molecule has 47 heavy (non-hydrogen) atoms. The SMILES string of the molecule is NC(=O)c1ccnc2c1ncn2[C@@H]1O[C@@H]2COP(=O)(O)O[C@@H]3[C@H](O)[C@@H](COP(=O)(O)O[C@H]2[C@H]1O)O[C@H]3n1cnc2c(=O)[nH]c(N)nc21. The second-order valence-corrected chi connectivity index (χ2v) is 13.4. The van der Waals surface area contributed by atoms with E-state index in [1.165, 1.54) is 23.2 Å². The van der Waals surface area contributed by atoms with Crippen LogP contribution in [0.1, 0.15) is 22.8 Å². The van der Waals surface area contributed by atoms with E-state index in [4.69, 9.17) is 39.0 Å². The minimum Gasteiger partial charge on any atom is -0.387 e. The first-order valence-electron chi connectivity index (χ1n) is 13.6.